The molecule has 1 fully saturated rings. The first-order valence-electron chi connectivity index (χ1n) is 7.26. The molecule has 1 amide bonds. The Morgan fingerprint density at radius 2 is 2.05 bits per heavy atom. The molecule has 0 atom stereocenters. The third-order valence-electron chi connectivity index (χ3n) is 3.63. The minimum Gasteiger partial charge on any atom is -0.383 e. The molecule has 21 heavy (non-hydrogen) atoms. The Morgan fingerprint density at radius 1 is 1.38 bits per heavy atom. The van der Waals surface area contributed by atoms with Gasteiger partial charge in [0.05, 0.1) is 0 Å². The Hall–Kier alpha value is -1.56. The lowest BCUT2D eigenvalue weighted by Gasteiger charge is -2.33. The van der Waals surface area contributed by atoms with Crippen molar-refractivity contribution in [1.29, 1.82) is 0 Å². The van der Waals surface area contributed by atoms with E-state index in [1.54, 1.807) is 7.05 Å². The highest BCUT2D eigenvalue weighted by Crippen LogP contribution is 2.31. The molecule has 2 rings (SSSR count). The second-order valence-corrected chi connectivity index (χ2v) is 5.90. The van der Waals surface area contributed by atoms with Gasteiger partial charge in [0.15, 0.2) is 11.0 Å². The van der Waals surface area contributed by atoms with Gasteiger partial charge in [-0.2, -0.15) is 0 Å². The van der Waals surface area contributed by atoms with E-state index in [9.17, 15) is 4.79 Å². The van der Waals surface area contributed by atoms with Gasteiger partial charge >= 0.3 is 0 Å². The number of anilines is 2. The standard InChI is InChI=1S/C14H22ClN5O/c1-9(2)19-14(21)10-4-6-20(7-5-10)13-11(16-3)12(15)17-8-18-13/h8-10,16H,4-7H2,1-3H3,(H,19,21). The molecule has 2 heterocycles. The molecular formula is C14H22ClN5O. The number of aromatic nitrogens is 2. The third-order valence-corrected chi connectivity index (χ3v) is 3.91. The van der Waals surface area contributed by atoms with E-state index >= 15 is 0 Å². The topological polar surface area (TPSA) is 70.2 Å². The molecule has 1 saturated heterocycles. The molecular weight excluding hydrogens is 290 g/mol. The second-order valence-electron chi connectivity index (χ2n) is 5.54. The zero-order chi connectivity index (χ0) is 15.4. The van der Waals surface area contributed by atoms with E-state index < -0.39 is 0 Å². The number of halogens is 1. The molecule has 7 heteroatoms. The molecule has 0 aromatic carbocycles. The van der Waals surface area contributed by atoms with E-state index in [1.807, 2.05) is 13.8 Å². The molecule has 1 aliphatic rings. The largest absolute Gasteiger partial charge is 0.383 e. The predicted molar refractivity (Wildman–Crippen MR) is 84.8 cm³/mol. The lowest BCUT2D eigenvalue weighted by Crippen LogP contribution is -2.42. The molecule has 6 nitrogen and oxygen atoms in total. The Morgan fingerprint density at radius 3 is 2.62 bits per heavy atom. The summed E-state index contributed by atoms with van der Waals surface area (Å²) >= 11 is 6.08. The van der Waals surface area contributed by atoms with Gasteiger partial charge in [-0.05, 0) is 26.7 Å². The summed E-state index contributed by atoms with van der Waals surface area (Å²) in [6.45, 7) is 5.54. The van der Waals surface area contributed by atoms with E-state index in [-0.39, 0.29) is 17.9 Å². The minimum absolute atomic E-state index is 0.0824. The Labute approximate surface area is 130 Å². The molecule has 0 bridgehead atoms. The van der Waals surface area contributed by atoms with Crippen molar-refractivity contribution >= 4 is 29.0 Å². The van der Waals surface area contributed by atoms with Crippen LogP contribution in [0, 0.1) is 5.92 Å². The molecule has 0 aliphatic carbocycles. The first-order valence-corrected chi connectivity index (χ1v) is 7.64. The van der Waals surface area contributed by atoms with E-state index in [1.165, 1.54) is 6.33 Å². The maximum absolute atomic E-state index is 12.0. The monoisotopic (exact) mass is 311 g/mol. The van der Waals surface area contributed by atoms with Crippen LogP contribution in [-0.4, -0.2) is 42.1 Å². The number of carbonyl (C=O) groups is 1. The molecule has 1 aromatic heterocycles. The number of carbonyl (C=O) groups excluding carboxylic acids is 1. The van der Waals surface area contributed by atoms with E-state index in [2.05, 4.69) is 25.5 Å². The van der Waals surface area contributed by atoms with Crippen LogP contribution in [-0.2, 0) is 4.79 Å². The molecule has 0 radical (unpaired) electrons. The van der Waals surface area contributed by atoms with Crippen molar-refractivity contribution in [2.24, 2.45) is 5.92 Å². The molecule has 0 unspecified atom stereocenters. The third kappa shape index (κ3) is 3.75. The average Bonchev–Trinajstić information content (AvgIpc) is 2.46. The first kappa shape index (κ1) is 15.8. The van der Waals surface area contributed by atoms with Crippen molar-refractivity contribution in [2.75, 3.05) is 30.4 Å². The van der Waals surface area contributed by atoms with Crippen molar-refractivity contribution in [2.45, 2.75) is 32.7 Å². The number of piperidine rings is 1. The second kappa shape index (κ2) is 6.93. The highest BCUT2D eigenvalue weighted by atomic mass is 35.5. The van der Waals surface area contributed by atoms with E-state index in [0.29, 0.717) is 5.15 Å². The highest BCUT2D eigenvalue weighted by Gasteiger charge is 2.27. The van der Waals surface area contributed by atoms with Crippen molar-refractivity contribution in [3.05, 3.63) is 11.5 Å². The zero-order valence-electron chi connectivity index (χ0n) is 12.7. The van der Waals surface area contributed by atoms with Crippen LogP contribution in [0.2, 0.25) is 5.15 Å². The highest BCUT2D eigenvalue weighted by molar-refractivity contribution is 6.32. The van der Waals surface area contributed by atoms with Gasteiger partial charge in [0.2, 0.25) is 5.91 Å². The summed E-state index contributed by atoms with van der Waals surface area (Å²) in [5, 5.41) is 6.44. The summed E-state index contributed by atoms with van der Waals surface area (Å²) in [6, 6.07) is 0.187. The van der Waals surface area contributed by atoms with Crippen LogP contribution in [0.15, 0.2) is 6.33 Å². The van der Waals surface area contributed by atoms with Crippen molar-refractivity contribution in [3.8, 4) is 0 Å². The van der Waals surface area contributed by atoms with Crippen LogP contribution < -0.4 is 15.5 Å². The quantitative estimate of drug-likeness (QED) is 0.831. The molecule has 116 valence electrons. The molecule has 2 N–H and O–H groups in total. The van der Waals surface area contributed by atoms with Crippen LogP contribution in [0.4, 0.5) is 11.5 Å². The van der Waals surface area contributed by atoms with Gasteiger partial charge in [0.1, 0.15) is 12.0 Å². The SMILES string of the molecule is CNc1c(Cl)ncnc1N1CCC(C(=O)NC(C)C)CC1. The number of nitrogens with zero attached hydrogens (tertiary/aromatic N) is 3. The Balaban J connectivity index is 2.01. The van der Waals surface area contributed by atoms with Crippen molar-refractivity contribution < 1.29 is 4.79 Å². The van der Waals surface area contributed by atoms with Crippen LogP contribution in [0.25, 0.3) is 0 Å². The molecule has 1 aromatic rings. The van der Waals surface area contributed by atoms with Crippen LogP contribution in [0.1, 0.15) is 26.7 Å². The van der Waals surface area contributed by atoms with Gasteiger partial charge in [-0.1, -0.05) is 11.6 Å². The lowest BCUT2D eigenvalue weighted by molar-refractivity contribution is -0.126. The molecule has 0 spiro atoms. The maximum atomic E-state index is 12.0. The van der Waals surface area contributed by atoms with Crippen LogP contribution >= 0.6 is 11.6 Å². The number of nitrogens with one attached hydrogen (secondary N) is 2. The van der Waals surface area contributed by atoms with Gasteiger partial charge in [-0.15, -0.1) is 0 Å². The number of hydrogen-bond donors (Lipinski definition) is 2. The predicted octanol–water partition coefficient (Wildman–Crippen LogP) is 1.91. The molecule has 1 aliphatic heterocycles. The fourth-order valence-corrected chi connectivity index (χ4v) is 2.79. The summed E-state index contributed by atoms with van der Waals surface area (Å²) < 4.78 is 0. The van der Waals surface area contributed by atoms with Gasteiger partial charge in [-0.3, -0.25) is 4.79 Å². The fraction of sp³-hybridized carbons (Fsp3) is 0.643. The van der Waals surface area contributed by atoms with Crippen molar-refractivity contribution in [1.82, 2.24) is 15.3 Å². The van der Waals surface area contributed by atoms with Gasteiger partial charge in [0, 0.05) is 32.1 Å². The number of rotatable bonds is 4. The Kier molecular flexibility index (Phi) is 5.22. The summed E-state index contributed by atoms with van der Waals surface area (Å²) in [7, 11) is 1.80. The zero-order valence-corrected chi connectivity index (χ0v) is 13.4. The fourth-order valence-electron chi connectivity index (χ4n) is 2.57. The van der Waals surface area contributed by atoms with Crippen molar-refractivity contribution in [3.63, 3.8) is 0 Å². The maximum Gasteiger partial charge on any atom is 0.223 e. The van der Waals surface area contributed by atoms with Gasteiger partial charge in [0.25, 0.3) is 0 Å². The van der Waals surface area contributed by atoms with Gasteiger partial charge < -0.3 is 15.5 Å². The number of hydrogen-bond acceptors (Lipinski definition) is 5. The van der Waals surface area contributed by atoms with Gasteiger partial charge in [-0.25, -0.2) is 9.97 Å². The Bertz CT molecular complexity index is 500. The summed E-state index contributed by atoms with van der Waals surface area (Å²) in [5.41, 5.74) is 0.740. The van der Waals surface area contributed by atoms with Crippen LogP contribution in [0.5, 0.6) is 0 Å². The summed E-state index contributed by atoms with van der Waals surface area (Å²) in [5.74, 6) is 1.04. The summed E-state index contributed by atoms with van der Waals surface area (Å²) in [4.78, 5) is 22.5. The van der Waals surface area contributed by atoms with E-state index in [0.717, 1.165) is 37.4 Å². The molecule has 0 saturated carbocycles. The average molecular weight is 312 g/mol. The normalized spacial score (nSPS) is 16.1. The van der Waals surface area contributed by atoms with E-state index in [4.69, 9.17) is 11.6 Å². The first-order chi connectivity index (χ1) is 10.0. The number of amides is 1. The lowest BCUT2D eigenvalue weighted by atomic mass is 9.95. The smallest absolute Gasteiger partial charge is 0.223 e. The van der Waals surface area contributed by atoms with Crippen LogP contribution in [0.3, 0.4) is 0 Å². The summed E-state index contributed by atoms with van der Waals surface area (Å²) in [6.07, 6.45) is 3.11. The minimum atomic E-state index is 0.0824.